The van der Waals surface area contributed by atoms with Crippen molar-refractivity contribution < 1.29 is 24.1 Å². The molecular weight excluding hydrogens is 275 g/mol. The lowest BCUT2D eigenvalue weighted by molar-refractivity contribution is -0.143. The summed E-state index contributed by atoms with van der Waals surface area (Å²) in [5.41, 5.74) is -1.41. The van der Waals surface area contributed by atoms with Crippen LogP contribution in [-0.2, 0) is 10.2 Å². The first-order valence-electron chi connectivity index (χ1n) is 5.93. The van der Waals surface area contributed by atoms with Crippen LogP contribution in [0.4, 0.5) is 4.39 Å². The number of carbonyl (C=O) groups is 1. The van der Waals surface area contributed by atoms with Crippen molar-refractivity contribution in [2.45, 2.75) is 31.1 Å². The van der Waals surface area contributed by atoms with Crippen LogP contribution in [0, 0.1) is 5.82 Å². The fourth-order valence-corrected chi connectivity index (χ4v) is 3.06. The zero-order chi connectivity index (χ0) is 14.2. The SMILES string of the molecule is COc1cc(F)c(Cl)c(C2(C(=O)O)CCCC2)c1O. The first-order valence-corrected chi connectivity index (χ1v) is 6.30. The van der Waals surface area contributed by atoms with Gasteiger partial charge >= 0.3 is 5.97 Å². The molecule has 0 amide bonds. The Labute approximate surface area is 114 Å². The first kappa shape index (κ1) is 13.9. The Morgan fingerprint density at radius 3 is 2.53 bits per heavy atom. The Bertz CT molecular complexity index is 524. The molecule has 2 N–H and O–H groups in total. The van der Waals surface area contributed by atoms with Gasteiger partial charge in [0.1, 0.15) is 5.82 Å². The number of phenols is 1. The molecule has 1 fully saturated rings. The second-order valence-corrected chi connectivity index (χ2v) is 5.07. The van der Waals surface area contributed by atoms with E-state index in [2.05, 4.69) is 0 Å². The summed E-state index contributed by atoms with van der Waals surface area (Å²) in [4.78, 5) is 11.6. The maximum absolute atomic E-state index is 13.8. The second kappa shape index (κ2) is 4.89. The molecule has 0 spiro atoms. The molecule has 1 aromatic rings. The van der Waals surface area contributed by atoms with Crippen LogP contribution in [0.15, 0.2) is 6.07 Å². The van der Waals surface area contributed by atoms with Crippen molar-refractivity contribution in [1.82, 2.24) is 0 Å². The molecule has 0 unspecified atom stereocenters. The molecule has 19 heavy (non-hydrogen) atoms. The van der Waals surface area contributed by atoms with Gasteiger partial charge in [-0.25, -0.2) is 4.39 Å². The molecule has 0 saturated heterocycles. The Hall–Kier alpha value is -1.49. The molecule has 1 aliphatic rings. The number of phenolic OH excluding ortho intramolecular Hbond substituents is 1. The van der Waals surface area contributed by atoms with Crippen LogP contribution in [-0.4, -0.2) is 23.3 Å². The Morgan fingerprint density at radius 2 is 2.05 bits per heavy atom. The van der Waals surface area contributed by atoms with Crippen molar-refractivity contribution in [3.8, 4) is 11.5 Å². The van der Waals surface area contributed by atoms with Crippen LogP contribution >= 0.6 is 11.6 Å². The molecular formula is C13H14ClFO4. The van der Waals surface area contributed by atoms with E-state index in [4.69, 9.17) is 16.3 Å². The topological polar surface area (TPSA) is 66.8 Å². The van der Waals surface area contributed by atoms with Gasteiger partial charge in [0.05, 0.1) is 17.5 Å². The van der Waals surface area contributed by atoms with Gasteiger partial charge in [-0.05, 0) is 12.8 Å². The van der Waals surface area contributed by atoms with Gasteiger partial charge in [-0.2, -0.15) is 0 Å². The minimum Gasteiger partial charge on any atom is -0.504 e. The third kappa shape index (κ3) is 2.02. The van der Waals surface area contributed by atoms with Crippen molar-refractivity contribution >= 4 is 17.6 Å². The highest BCUT2D eigenvalue weighted by Gasteiger charge is 2.47. The number of hydrogen-bond acceptors (Lipinski definition) is 3. The van der Waals surface area contributed by atoms with Crippen molar-refractivity contribution in [1.29, 1.82) is 0 Å². The summed E-state index contributed by atoms with van der Waals surface area (Å²) in [6.45, 7) is 0. The highest BCUT2D eigenvalue weighted by atomic mass is 35.5. The predicted octanol–water partition coefficient (Wildman–Crippen LogP) is 3.09. The molecule has 104 valence electrons. The smallest absolute Gasteiger partial charge is 0.314 e. The third-order valence-corrected chi connectivity index (χ3v) is 4.09. The Kier molecular flexibility index (Phi) is 3.58. The van der Waals surface area contributed by atoms with Gasteiger partial charge in [-0.15, -0.1) is 0 Å². The molecule has 0 bridgehead atoms. The van der Waals surface area contributed by atoms with Crippen LogP contribution in [0.25, 0.3) is 0 Å². The van der Waals surface area contributed by atoms with Gasteiger partial charge in [-0.3, -0.25) is 4.79 Å². The average molecular weight is 289 g/mol. The average Bonchev–Trinajstić information content (AvgIpc) is 2.84. The molecule has 1 saturated carbocycles. The summed E-state index contributed by atoms with van der Waals surface area (Å²) < 4.78 is 18.6. The molecule has 1 aliphatic carbocycles. The van der Waals surface area contributed by atoms with Gasteiger partial charge < -0.3 is 14.9 Å². The number of methoxy groups -OCH3 is 1. The van der Waals surface area contributed by atoms with Gasteiger partial charge in [0.15, 0.2) is 11.5 Å². The number of carboxylic acids is 1. The van der Waals surface area contributed by atoms with Crippen LogP contribution in [0.3, 0.4) is 0 Å². The third-order valence-electron chi connectivity index (χ3n) is 3.72. The normalized spacial score (nSPS) is 17.4. The van der Waals surface area contributed by atoms with Crippen molar-refractivity contribution in [2.75, 3.05) is 7.11 Å². The van der Waals surface area contributed by atoms with Gasteiger partial charge in [0.2, 0.25) is 0 Å². The molecule has 0 heterocycles. The highest BCUT2D eigenvalue weighted by molar-refractivity contribution is 6.32. The highest BCUT2D eigenvalue weighted by Crippen LogP contribution is 2.51. The number of carboxylic acid groups (broad SMARTS) is 1. The van der Waals surface area contributed by atoms with E-state index in [-0.39, 0.29) is 16.3 Å². The quantitative estimate of drug-likeness (QED) is 0.897. The zero-order valence-corrected chi connectivity index (χ0v) is 11.1. The van der Waals surface area contributed by atoms with Crippen LogP contribution in [0.2, 0.25) is 5.02 Å². The lowest BCUT2D eigenvalue weighted by Crippen LogP contribution is -2.33. The number of aromatic hydroxyl groups is 1. The van der Waals surface area contributed by atoms with Gasteiger partial charge in [0, 0.05) is 11.6 Å². The van der Waals surface area contributed by atoms with E-state index in [0.29, 0.717) is 25.7 Å². The maximum Gasteiger partial charge on any atom is 0.314 e. The number of rotatable bonds is 3. The molecule has 6 heteroatoms. The van der Waals surface area contributed by atoms with E-state index in [9.17, 15) is 19.4 Å². The molecule has 0 aromatic heterocycles. The summed E-state index contributed by atoms with van der Waals surface area (Å²) in [7, 11) is 1.27. The lowest BCUT2D eigenvalue weighted by Gasteiger charge is -2.27. The Morgan fingerprint density at radius 1 is 1.47 bits per heavy atom. The first-order chi connectivity index (χ1) is 8.94. The predicted molar refractivity (Wildman–Crippen MR) is 67.4 cm³/mol. The van der Waals surface area contributed by atoms with Crippen LogP contribution in [0.1, 0.15) is 31.2 Å². The van der Waals surface area contributed by atoms with Gasteiger partial charge in [0.25, 0.3) is 0 Å². The van der Waals surface area contributed by atoms with E-state index in [0.717, 1.165) is 6.07 Å². The largest absolute Gasteiger partial charge is 0.504 e. The number of benzene rings is 1. The molecule has 0 radical (unpaired) electrons. The summed E-state index contributed by atoms with van der Waals surface area (Å²) in [6.07, 6.45) is 2.03. The fraction of sp³-hybridized carbons (Fsp3) is 0.462. The van der Waals surface area contributed by atoms with E-state index >= 15 is 0 Å². The standard InChI is InChI=1S/C13H14ClFO4/c1-19-8-6-7(15)10(14)9(11(8)16)13(12(17)18)4-2-3-5-13/h6,16H,2-5H2,1H3,(H,17,18). The number of ether oxygens (including phenoxy) is 1. The van der Waals surface area contributed by atoms with Crippen LogP contribution in [0.5, 0.6) is 11.5 Å². The Balaban J connectivity index is 2.73. The molecule has 1 aromatic carbocycles. The second-order valence-electron chi connectivity index (χ2n) is 4.69. The maximum atomic E-state index is 13.8. The van der Waals surface area contributed by atoms with E-state index in [1.807, 2.05) is 0 Å². The minimum absolute atomic E-state index is 0.0731. The molecule has 0 atom stereocenters. The van der Waals surface area contributed by atoms with E-state index in [1.165, 1.54) is 7.11 Å². The summed E-state index contributed by atoms with van der Waals surface area (Å²) >= 11 is 5.89. The molecule has 4 nitrogen and oxygen atoms in total. The summed E-state index contributed by atoms with van der Waals surface area (Å²) in [5.74, 6) is -2.39. The van der Waals surface area contributed by atoms with Crippen molar-refractivity contribution in [3.63, 3.8) is 0 Å². The summed E-state index contributed by atoms with van der Waals surface area (Å²) in [5, 5.41) is 19.3. The minimum atomic E-state index is -1.34. The fourth-order valence-electron chi connectivity index (χ4n) is 2.74. The van der Waals surface area contributed by atoms with Crippen molar-refractivity contribution in [2.24, 2.45) is 0 Å². The monoisotopic (exact) mass is 288 g/mol. The lowest BCUT2D eigenvalue weighted by atomic mass is 9.78. The van der Waals surface area contributed by atoms with Crippen LogP contribution < -0.4 is 4.74 Å². The molecule has 0 aliphatic heterocycles. The zero-order valence-electron chi connectivity index (χ0n) is 10.4. The number of aliphatic carboxylic acids is 1. The van der Waals surface area contributed by atoms with E-state index in [1.54, 1.807) is 0 Å². The van der Waals surface area contributed by atoms with Gasteiger partial charge in [-0.1, -0.05) is 24.4 Å². The van der Waals surface area contributed by atoms with E-state index < -0.39 is 23.0 Å². The molecule has 2 rings (SSSR count). The van der Waals surface area contributed by atoms with Crippen molar-refractivity contribution in [3.05, 3.63) is 22.5 Å². The summed E-state index contributed by atoms with van der Waals surface area (Å²) in [6, 6.07) is 0.950. The number of halogens is 2. The number of hydrogen-bond donors (Lipinski definition) is 2.